The van der Waals surface area contributed by atoms with Crippen molar-refractivity contribution in [2.45, 2.75) is 31.0 Å². The van der Waals surface area contributed by atoms with Gasteiger partial charge in [-0.1, -0.05) is 42.5 Å². The molecule has 170 valence electrons. The monoisotopic (exact) mass is 452 g/mol. The standard InChI is InChI=1S/C20H19F3N4O5/c21-20(22,23)32-13-8-4-7-12(10-13)15(18-26-27-19(30)31-18)25-17(29)16(28)14(24)9-11-5-2-1-3-6-11/h1-8,10,14-16,28H,9,24H2,(H,25,29)(H,27,30)/t14-,15+,16+/m1/s1. The van der Waals surface area contributed by atoms with E-state index in [1.54, 1.807) is 30.3 Å². The molecule has 0 aliphatic rings. The Labute approximate surface area is 179 Å². The van der Waals surface area contributed by atoms with Crippen LogP contribution in [0, 0.1) is 0 Å². The lowest BCUT2D eigenvalue weighted by Crippen LogP contribution is -2.48. The molecule has 0 bridgehead atoms. The minimum Gasteiger partial charge on any atom is -0.406 e. The number of rotatable bonds is 8. The van der Waals surface area contributed by atoms with Crippen molar-refractivity contribution in [1.82, 2.24) is 15.5 Å². The van der Waals surface area contributed by atoms with E-state index < -0.39 is 42.0 Å². The first-order valence-electron chi connectivity index (χ1n) is 9.31. The predicted molar refractivity (Wildman–Crippen MR) is 104 cm³/mol. The summed E-state index contributed by atoms with van der Waals surface area (Å²) >= 11 is 0. The van der Waals surface area contributed by atoms with Gasteiger partial charge in [-0.25, -0.2) is 9.89 Å². The van der Waals surface area contributed by atoms with Crippen LogP contribution in [0.1, 0.15) is 23.1 Å². The van der Waals surface area contributed by atoms with E-state index in [9.17, 15) is 27.9 Å². The molecule has 0 fully saturated rings. The zero-order valence-corrected chi connectivity index (χ0v) is 16.4. The molecule has 0 spiro atoms. The molecule has 3 aromatic rings. The van der Waals surface area contributed by atoms with Gasteiger partial charge in [0, 0.05) is 6.04 Å². The van der Waals surface area contributed by atoms with Crippen molar-refractivity contribution in [2.24, 2.45) is 5.73 Å². The van der Waals surface area contributed by atoms with Crippen LogP contribution in [-0.4, -0.2) is 39.7 Å². The first kappa shape index (κ1) is 23.0. The van der Waals surface area contributed by atoms with Gasteiger partial charge < -0.3 is 25.3 Å². The van der Waals surface area contributed by atoms with Crippen LogP contribution in [0.15, 0.2) is 63.8 Å². The van der Waals surface area contributed by atoms with E-state index in [1.165, 1.54) is 12.1 Å². The molecule has 1 aromatic heterocycles. The number of nitrogens with two attached hydrogens (primary N) is 1. The quantitative estimate of drug-likeness (QED) is 0.404. The van der Waals surface area contributed by atoms with E-state index in [0.29, 0.717) is 0 Å². The average Bonchev–Trinajstić information content (AvgIpc) is 3.16. The van der Waals surface area contributed by atoms with E-state index in [-0.39, 0.29) is 17.9 Å². The van der Waals surface area contributed by atoms with Gasteiger partial charge in [0.15, 0.2) is 0 Å². The number of hydrogen-bond donors (Lipinski definition) is 4. The van der Waals surface area contributed by atoms with Crippen LogP contribution in [0.5, 0.6) is 5.75 Å². The largest absolute Gasteiger partial charge is 0.573 e. The molecular weight excluding hydrogens is 433 g/mol. The van der Waals surface area contributed by atoms with E-state index in [0.717, 1.165) is 17.7 Å². The van der Waals surface area contributed by atoms with E-state index in [1.807, 2.05) is 5.10 Å². The first-order valence-corrected chi connectivity index (χ1v) is 9.31. The molecule has 0 aliphatic carbocycles. The third kappa shape index (κ3) is 6.18. The molecule has 0 unspecified atom stereocenters. The van der Waals surface area contributed by atoms with Crippen LogP contribution in [0.4, 0.5) is 13.2 Å². The molecule has 0 saturated heterocycles. The summed E-state index contributed by atoms with van der Waals surface area (Å²) in [6, 6.07) is 11.3. The number of carbonyl (C=O) groups excluding carboxylic acids is 1. The van der Waals surface area contributed by atoms with Crippen LogP contribution < -0.4 is 21.5 Å². The Balaban J connectivity index is 1.81. The van der Waals surface area contributed by atoms with Gasteiger partial charge in [0.25, 0.3) is 5.91 Å². The Morgan fingerprint density at radius 3 is 2.56 bits per heavy atom. The lowest BCUT2D eigenvalue weighted by atomic mass is 10.0. The number of halogens is 3. The molecule has 3 rings (SSSR count). The highest BCUT2D eigenvalue weighted by Gasteiger charge is 2.32. The van der Waals surface area contributed by atoms with Gasteiger partial charge in [-0.3, -0.25) is 4.79 Å². The van der Waals surface area contributed by atoms with Gasteiger partial charge in [-0.05, 0) is 29.7 Å². The fraction of sp³-hybridized carbons (Fsp3) is 0.250. The summed E-state index contributed by atoms with van der Waals surface area (Å²) in [6.45, 7) is 0. The Morgan fingerprint density at radius 2 is 1.94 bits per heavy atom. The Bertz CT molecular complexity index is 1100. The van der Waals surface area contributed by atoms with Crippen LogP contribution in [0.25, 0.3) is 0 Å². The molecule has 3 atom stereocenters. The third-order valence-electron chi connectivity index (χ3n) is 4.40. The van der Waals surface area contributed by atoms with Crippen molar-refractivity contribution in [2.75, 3.05) is 0 Å². The van der Waals surface area contributed by atoms with Crippen molar-refractivity contribution in [3.8, 4) is 5.75 Å². The molecule has 12 heteroatoms. The number of benzene rings is 2. The summed E-state index contributed by atoms with van der Waals surface area (Å²) in [5.41, 5.74) is 6.80. The van der Waals surface area contributed by atoms with Crippen molar-refractivity contribution in [3.05, 3.63) is 82.2 Å². The van der Waals surface area contributed by atoms with Gasteiger partial charge in [0.1, 0.15) is 17.9 Å². The number of nitrogens with zero attached hydrogens (tertiary/aromatic N) is 1. The average molecular weight is 452 g/mol. The van der Waals surface area contributed by atoms with Crippen LogP contribution in [0.3, 0.4) is 0 Å². The van der Waals surface area contributed by atoms with Gasteiger partial charge in [0.05, 0.1) is 0 Å². The van der Waals surface area contributed by atoms with Gasteiger partial charge in [-0.2, -0.15) is 0 Å². The highest BCUT2D eigenvalue weighted by molar-refractivity contribution is 5.82. The molecule has 0 radical (unpaired) electrons. The van der Waals surface area contributed by atoms with Crippen molar-refractivity contribution >= 4 is 5.91 Å². The second-order valence-electron chi connectivity index (χ2n) is 6.81. The zero-order chi connectivity index (χ0) is 23.3. The van der Waals surface area contributed by atoms with Crippen LogP contribution in [0.2, 0.25) is 0 Å². The minimum absolute atomic E-state index is 0.0548. The number of alkyl halides is 3. The molecule has 1 heterocycles. The summed E-state index contributed by atoms with van der Waals surface area (Å²) in [5.74, 6) is -2.78. The van der Waals surface area contributed by atoms with E-state index in [2.05, 4.69) is 15.2 Å². The molecule has 32 heavy (non-hydrogen) atoms. The van der Waals surface area contributed by atoms with Gasteiger partial charge >= 0.3 is 12.1 Å². The molecule has 1 amide bonds. The SMILES string of the molecule is N[C@H](Cc1ccccc1)[C@H](O)C(=O)N[C@@H](c1cccc(OC(F)(F)F)c1)c1n[nH]c(=O)o1. The topological polar surface area (TPSA) is 143 Å². The normalized spacial score (nSPS) is 14.4. The second-order valence-corrected chi connectivity index (χ2v) is 6.81. The maximum atomic E-state index is 12.6. The summed E-state index contributed by atoms with van der Waals surface area (Å²) in [6.07, 6.45) is -6.42. The molecule has 2 aromatic carbocycles. The Kier molecular flexibility index (Phi) is 6.95. The van der Waals surface area contributed by atoms with Gasteiger partial charge in [0.2, 0.25) is 5.89 Å². The highest BCUT2D eigenvalue weighted by Crippen LogP contribution is 2.27. The Hall–Kier alpha value is -3.64. The number of carbonyl (C=O) groups is 1. The summed E-state index contributed by atoms with van der Waals surface area (Å²) in [7, 11) is 0. The maximum absolute atomic E-state index is 12.6. The minimum atomic E-state index is -4.93. The highest BCUT2D eigenvalue weighted by atomic mass is 19.4. The molecule has 0 saturated carbocycles. The zero-order valence-electron chi connectivity index (χ0n) is 16.4. The second kappa shape index (κ2) is 9.66. The third-order valence-corrected chi connectivity index (χ3v) is 4.40. The number of hydrogen-bond acceptors (Lipinski definition) is 7. The lowest BCUT2D eigenvalue weighted by Gasteiger charge is -2.22. The number of aromatic amines is 1. The molecular formula is C20H19F3N4O5. The number of aromatic nitrogens is 2. The van der Waals surface area contributed by atoms with Crippen molar-refractivity contribution in [1.29, 1.82) is 0 Å². The van der Waals surface area contributed by atoms with Crippen molar-refractivity contribution in [3.63, 3.8) is 0 Å². The maximum Gasteiger partial charge on any atom is 0.573 e. The number of aliphatic hydroxyl groups is 1. The molecule has 9 nitrogen and oxygen atoms in total. The number of ether oxygens (including phenoxy) is 1. The fourth-order valence-electron chi connectivity index (χ4n) is 2.96. The number of nitrogens with one attached hydrogen (secondary N) is 2. The lowest BCUT2D eigenvalue weighted by molar-refractivity contribution is -0.274. The van der Waals surface area contributed by atoms with Crippen LogP contribution >= 0.6 is 0 Å². The predicted octanol–water partition coefficient (Wildman–Crippen LogP) is 1.40. The molecule has 5 N–H and O–H groups in total. The smallest absolute Gasteiger partial charge is 0.406 e. The fourth-order valence-corrected chi connectivity index (χ4v) is 2.96. The number of amides is 1. The molecule has 0 aliphatic heterocycles. The summed E-state index contributed by atoms with van der Waals surface area (Å²) in [4.78, 5) is 24.0. The van der Waals surface area contributed by atoms with Crippen molar-refractivity contribution < 1.29 is 32.2 Å². The van der Waals surface area contributed by atoms with Crippen LogP contribution in [-0.2, 0) is 11.2 Å². The number of aliphatic hydroxyl groups excluding tert-OH is 1. The number of H-pyrrole nitrogens is 1. The van der Waals surface area contributed by atoms with Gasteiger partial charge in [-0.15, -0.1) is 18.3 Å². The van der Waals surface area contributed by atoms with E-state index in [4.69, 9.17) is 10.2 Å². The Morgan fingerprint density at radius 1 is 1.22 bits per heavy atom. The summed E-state index contributed by atoms with van der Waals surface area (Å²) < 4.78 is 46.5. The first-order chi connectivity index (χ1) is 15.1. The summed E-state index contributed by atoms with van der Waals surface area (Å²) in [5, 5.41) is 18.4. The van der Waals surface area contributed by atoms with E-state index >= 15 is 0 Å².